The predicted molar refractivity (Wildman–Crippen MR) is 75.8 cm³/mol. The summed E-state index contributed by atoms with van der Waals surface area (Å²) in [7, 11) is 1.79. The number of amides is 1. The molecule has 5 heteroatoms. The molecule has 2 rings (SSSR count). The summed E-state index contributed by atoms with van der Waals surface area (Å²) in [6, 6.07) is 11.6. The van der Waals surface area contributed by atoms with E-state index in [-0.39, 0.29) is 5.91 Å². The van der Waals surface area contributed by atoms with Crippen molar-refractivity contribution in [2.24, 2.45) is 13.0 Å². The van der Waals surface area contributed by atoms with E-state index in [1.807, 2.05) is 37.3 Å². The Morgan fingerprint density at radius 3 is 2.70 bits per heavy atom. The highest BCUT2D eigenvalue weighted by molar-refractivity contribution is 5.94. The van der Waals surface area contributed by atoms with E-state index in [0.717, 1.165) is 11.3 Å². The standard InChI is InChI=1S/C15H16N4O/c1-11-14(10-19(2)18-11)17-15(20)13(9-16)8-12-6-4-3-5-7-12/h3-7,10,13H,8H2,1-2H3,(H,17,20). The number of nitriles is 1. The quantitative estimate of drug-likeness (QED) is 0.922. The number of hydrogen-bond donors (Lipinski definition) is 1. The number of hydrogen-bond acceptors (Lipinski definition) is 3. The third-order valence-electron chi connectivity index (χ3n) is 3.03. The number of carbonyl (C=O) groups excluding carboxylic acids is 1. The van der Waals surface area contributed by atoms with Crippen molar-refractivity contribution in [2.45, 2.75) is 13.3 Å². The third kappa shape index (κ3) is 3.23. The predicted octanol–water partition coefficient (Wildman–Crippen LogP) is 2.05. The molecule has 0 aliphatic rings. The zero-order valence-electron chi connectivity index (χ0n) is 11.5. The lowest BCUT2D eigenvalue weighted by molar-refractivity contribution is -0.118. The molecule has 1 heterocycles. The molecule has 0 fully saturated rings. The number of carbonyl (C=O) groups is 1. The second kappa shape index (κ2) is 6.02. The lowest BCUT2D eigenvalue weighted by Gasteiger charge is -2.09. The molecule has 1 unspecified atom stereocenters. The second-order valence-corrected chi connectivity index (χ2v) is 4.66. The number of rotatable bonds is 4. The second-order valence-electron chi connectivity index (χ2n) is 4.66. The molecule has 0 bridgehead atoms. The summed E-state index contributed by atoms with van der Waals surface area (Å²) in [6.45, 7) is 1.81. The van der Waals surface area contributed by atoms with Gasteiger partial charge in [0.1, 0.15) is 5.92 Å². The van der Waals surface area contributed by atoms with E-state index in [9.17, 15) is 10.1 Å². The van der Waals surface area contributed by atoms with Crippen LogP contribution in [0.2, 0.25) is 0 Å². The van der Waals surface area contributed by atoms with E-state index < -0.39 is 5.92 Å². The van der Waals surface area contributed by atoms with Crippen molar-refractivity contribution in [2.75, 3.05) is 5.32 Å². The molecule has 1 N–H and O–H groups in total. The Bertz CT molecular complexity index is 640. The Hall–Kier alpha value is -2.61. The molecular weight excluding hydrogens is 252 g/mol. The number of nitrogens with one attached hydrogen (secondary N) is 1. The molecule has 1 aromatic heterocycles. The fourth-order valence-electron chi connectivity index (χ4n) is 1.99. The first kappa shape index (κ1) is 13.8. The van der Waals surface area contributed by atoms with Crippen LogP contribution in [0.4, 0.5) is 5.69 Å². The average molecular weight is 268 g/mol. The fraction of sp³-hybridized carbons (Fsp3) is 0.267. The molecule has 1 amide bonds. The van der Waals surface area contributed by atoms with Gasteiger partial charge in [-0.3, -0.25) is 9.48 Å². The van der Waals surface area contributed by atoms with Gasteiger partial charge in [0.2, 0.25) is 5.91 Å². The van der Waals surface area contributed by atoms with Gasteiger partial charge in [0, 0.05) is 13.2 Å². The van der Waals surface area contributed by atoms with Crippen molar-refractivity contribution < 1.29 is 4.79 Å². The SMILES string of the molecule is Cc1nn(C)cc1NC(=O)C(C#N)Cc1ccccc1. The first-order valence-electron chi connectivity index (χ1n) is 6.35. The van der Waals surface area contributed by atoms with Crippen molar-refractivity contribution in [3.63, 3.8) is 0 Å². The van der Waals surface area contributed by atoms with Gasteiger partial charge >= 0.3 is 0 Å². The van der Waals surface area contributed by atoms with Crippen molar-refractivity contribution in [1.29, 1.82) is 5.26 Å². The van der Waals surface area contributed by atoms with Crippen molar-refractivity contribution >= 4 is 11.6 Å². The highest BCUT2D eigenvalue weighted by atomic mass is 16.1. The first-order chi connectivity index (χ1) is 9.60. The summed E-state index contributed by atoms with van der Waals surface area (Å²) < 4.78 is 1.63. The maximum atomic E-state index is 12.1. The van der Waals surface area contributed by atoms with Gasteiger partial charge in [0.05, 0.1) is 17.5 Å². The van der Waals surface area contributed by atoms with E-state index in [2.05, 4.69) is 16.5 Å². The highest BCUT2D eigenvalue weighted by Gasteiger charge is 2.19. The van der Waals surface area contributed by atoms with Gasteiger partial charge in [-0.2, -0.15) is 10.4 Å². The number of benzene rings is 1. The lowest BCUT2D eigenvalue weighted by Crippen LogP contribution is -2.23. The molecule has 1 atom stereocenters. The Morgan fingerprint density at radius 1 is 1.45 bits per heavy atom. The molecular formula is C15H16N4O. The number of aromatic nitrogens is 2. The van der Waals surface area contributed by atoms with Crippen molar-refractivity contribution in [1.82, 2.24) is 9.78 Å². The summed E-state index contributed by atoms with van der Waals surface area (Å²) in [4.78, 5) is 12.1. The largest absolute Gasteiger partial charge is 0.322 e. The monoisotopic (exact) mass is 268 g/mol. The van der Waals surface area contributed by atoms with Crippen LogP contribution in [-0.4, -0.2) is 15.7 Å². The molecule has 1 aromatic carbocycles. The molecule has 0 aliphatic heterocycles. The average Bonchev–Trinajstić information content (AvgIpc) is 2.75. The van der Waals surface area contributed by atoms with Crippen LogP contribution in [0.1, 0.15) is 11.3 Å². The summed E-state index contributed by atoms with van der Waals surface area (Å²) in [6.07, 6.45) is 2.13. The van der Waals surface area contributed by atoms with Crippen LogP contribution in [0, 0.1) is 24.2 Å². The molecule has 0 saturated heterocycles. The Morgan fingerprint density at radius 2 is 2.15 bits per heavy atom. The van der Waals surface area contributed by atoms with Gasteiger partial charge in [-0.25, -0.2) is 0 Å². The molecule has 20 heavy (non-hydrogen) atoms. The maximum absolute atomic E-state index is 12.1. The summed E-state index contributed by atoms with van der Waals surface area (Å²) in [5.41, 5.74) is 2.35. The van der Waals surface area contributed by atoms with Crippen LogP contribution in [0.25, 0.3) is 0 Å². The van der Waals surface area contributed by atoms with Crippen LogP contribution >= 0.6 is 0 Å². The van der Waals surface area contributed by atoms with Gasteiger partial charge in [-0.15, -0.1) is 0 Å². The Labute approximate surface area is 117 Å². The van der Waals surface area contributed by atoms with Gasteiger partial charge in [0.15, 0.2) is 0 Å². The van der Waals surface area contributed by atoms with Gasteiger partial charge in [0.25, 0.3) is 0 Å². The van der Waals surface area contributed by atoms with Crippen LogP contribution in [0.3, 0.4) is 0 Å². The number of nitrogens with zero attached hydrogens (tertiary/aromatic N) is 3. The number of anilines is 1. The normalized spacial score (nSPS) is 11.7. The molecule has 0 aliphatic carbocycles. The van der Waals surface area contributed by atoms with E-state index in [1.54, 1.807) is 17.9 Å². The maximum Gasteiger partial charge on any atom is 0.242 e. The van der Waals surface area contributed by atoms with Crippen LogP contribution in [-0.2, 0) is 18.3 Å². The molecule has 102 valence electrons. The highest BCUT2D eigenvalue weighted by Crippen LogP contribution is 2.15. The van der Waals surface area contributed by atoms with Gasteiger partial charge < -0.3 is 5.32 Å². The summed E-state index contributed by atoms with van der Waals surface area (Å²) >= 11 is 0. The van der Waals surface area contributed by atoms with E-state index in [1.165, 1.54) is 0 Å². The Kier molecular flexibility index (Phi) is 4.16. The fourth-order valence-corrected chi connectivity index (χ4v) is 1.99. The molecule has 0 radical (unpaired) electrons. The lowest BCUT2D eigenvalue weighted by atomic mass is 10.00. The zero-order chi connectivity index (χ0) is 14.5. The topological polar surface area (TPSA) is 70.7 Å². The smallest absolute Gasteiger partial charge is 0.242 e. The van der Waals surface area contributed by atoms with Gasteiger partial charge in [-0.1, -0.05) is 30.3 Å². The minimum Gasteiger partial charge on any atom is -0.322 e. The summed E-state index contributed by atoms with van der Waals surface area (Å²) in [5.74, 6) is -1.01. The van der Waals surface area contributed by atoms with Crippen LogP contribution < -0.4 is 5.32 Å². The molecule has 0 spiro atoms. The van der Waals surface area contributed by atoms with Crippen molar-refractivity contribution in [3.05, 3.63) is 47.8 Å². The molecule has 2 aromatic rings. The molecule has 5 nitrogen and oxygen atoms in total. The van der Waals surface area contributed by atoms with Crippen LogP contribution in [0.15, 0.2) is 36.5 Å². The minimum atomic E-state index is -0.711. The van der Waals surface area contributed by atoms with Crippen molar-refractivity contribution in [3.8, 4) is 6.07 Å². The van der Waals surface area contributed by atoms with Gasteiger partial charge in [-0.05, 0) is 18.9 Å². The van der Waals surface area contributed by atoms with Crippen LogP contribution in [0.5, 0.6) is 0 Å². The summed E-state index contributed by atoms with van der Waals surface area (Å²) in [5, 5.41) is 16.1. The van der Waals surface area contributed by atoms with E-state index in [4.69, 9.17) is 0 Å². The van der Waals surface area contributed by atoms with E-state index in [0.29, 0.717) is 12.1 Å². The van der Waals surface area contributed by atoms with E-state index >= 15 is 0 Å². The molecule has 0 saturated carbocycles. The first-order valence-corrected chi connectivity index (χ1v) is 6.35. The zero-order valence-corrected chi connectivity index (χ0v) is 11.5. The number of aryl methyl sites for hydroxylation is 2. The minimum absolute atomic E-state index is 0.299. The Balaban J connectivity index is 2.07. The third-order valence-corrected chi connectivity index (χ3v) is 3.03.